The van der Waals surface area contributed by atoms with Crippen molar-refractivity contribution in [3.05, 3.63) is 48.4 Å². The van der Waals surface area contributed by atoms with E-state index in [1.54, 1.807) is 17.9 Å². The molecule has 2 aliphatic heterocycles. The van der Waals surface area contributed by atoms with Crippen LogP contribution in [-0.4, -0.2) is 74.4 Å². The molecule has 2 fully saturated rings. The Bertz CT molecular complexity index is 1580. The SMILES string of the molecule is CN(C(=O)OC(C)(C)C)c1ccc2c(c1)c(-c1nccc(-n3cc(CCOC4CCCCO4)cn3)n1)nn2C1CCCCO1. The highest BCUT2D eigenvalue weighted by Crippen LogP contribution is 2.34. The van der Waals surface area contributed by atoms with Gasteiger partial charge in [-0.25, -0.2) is 24.1 Å². The largest absolute Gasteiger partial charge is 0.443 e. The number of hydrogen-bond donors (Lipinski definition) is 0. The average molecular weight is 604 g/mol. The first-order valence-electron chi connectivity index (χ1n) is 15.5. The maximum atomic E-state index is 12.9. The van der Waals surface area contributed by atoms with Crippen LogP contribution >= 0.6 is 0 Å². The van der Waals surface area contributed by atoms with Crippen LogP contribution in [0.3, 0.4) is 0 Å². The third kappa shape index (κ3) is 6.92. The van der Waals surface area contributed by atoms with Crippen LogP contribution in [0.1, 0.15) is 71.1 Å². The van der Waals surface area contributed by atoms with Crippen molar-refractivity contribution in [1.82, 2.24) is 29.5 Å². The zero-order valence-corrected chi connectivity index (χ0v) is 25.9. The van der Waals surface area contributed by atoms with E-state index < -0.39 is 11.7 Å². The van der Waals surface area contributed by atoms with Gasteiger partial charge in [-0.15, -0.1) is 0 Å². The molecule has 0 bridgehead atoms. The minimum atomic E-state index is -0.610. The van der Waals surface area contributed by atoms with E-state index >= 15 is 0 Å². The zero-order chi connectivity index (χ0) is 30.7. The number of amides is 1. The first-order valence-corrected chi connectivity index (χ1v) is 15.5. The molecule has 12 heteroatoms. The van der Waals surface area contributed by atoms with Crippen LogP contribution < -0.4 is 4.90 Å². The third-order valence-corrected chi connectivity index (χ3v) is 7.73. The van der Waals surface area contributed by atoms with Gasteiger partial charge >= 0.3 is 6.09 Å². The maximum Gasteiger partial charge on any atom is 0.414 e. The van der Waals surface area contributed by atoms with Crippen molar-refractivity contribution in [3.63, 3.8) is 0 Å². The van der Waals surface area contributed by atoms with Gasteiger partial charge in [-0.2, -0.15) is 10.2 Å². The monoisotopic (exact) mass is 603 g/mol. The number of anilines is 1. The van der Waals surface area contributed by atoms with Gasteiger partial charge < -0.3 is 18.9 Å². The minimum Gasteiger partial charge on any atom is -0.443 e. The number of benzene rings is 1. The molecular formula is C32H41N7O5. The first kappa shape index (κ1) is 30.2. The molecule has 0 aliphatic carbocycles. The molecule has 1 aromatic carbocycles. The van der Waals surface area contributed by atoms with Crippen LogP contribution in [0.4, 0.5) is 10.5 Å². The Morgan fingerprint density at radius 2 is 1.91 bits per heavy atom. The van der Waals surface area contributed by atoms with Crippen LogP contribution in [0.2, 0.25) is 0 Å². The number of carbonyl (C=O) groups excluding carboxylic acids is 1. The summed E-state index contributed by atoms with van der Waals surface area (Å²) in [5.41, 5.74) is 2.58. The number of carbonyl (C=O) groups is 1. The van der Waals surface area contributed by atoms with Crippen molar-refractivity contribution in [2.45, 2.75) is 83.8 Å². The van der Waals surface area contributed by atoms with E-state index in [9.17, 15) is 4.79 Å². The summed E-state index contributed by atoms with van der Waals surface area (Å²) in [5, 5.41) is 10.3. The summed E-state index contributed by atoms with van der Waals surface area (Å²) in [5.74, 6) is 1.07. The van der Waals surface area contributed by atoms with Crippen molar-refractivity contribution in [3.8, 4) is 17.3 Å². The lowest BCUT2D eigenvalue weighted by Gasteiger charge is -2.25. The van der Waals surface area contributed by atoms with Gasteiger partial charge in [-0.3, -0.25) is 4.90 Å². The van der Waals surface area contributed by atoms with Gasteiger partial charge in [0.15, 0.2) is 24.2 Å². The van der Waals surface area contributed by atoms with Gasteiger partial charge in [0.2, 0.25) is 0 Å². The average Bonchev–Trinajstić information content (AvgIpc) is 3.66. The highest BCUT2D eigenvalue weighted by Gasteiger charge is 2.26. The standard InChI is InChI=1S/C32H41N7O5/c1-32(2,3)44-31(40)37(4)23-11-12-25-24(19-23)29(36-39(25)27-9-5-7-16-41-27)30-33-15-13-26(35-30)38-21-22(20-34-38)14-18-43-28-10-6-8-17-42-28/h11-13,15,19-21,27-28H,5-10,14,16-18H2,1-4H3. The number of rotatable bonds is 8. The number of nitrogens with zero attached hydrogens (tertiary/aromatic N) is 7. The van der Waals surface area contributed by atoms with Crippen molar-refractivity contribution >= 4 is 22.7 Å². The van der Waals surface area contributed by atoms with E-state index in [2.05, 4.69) is 10.1 Å². The number of fused-ring (bicyclic) bond motifs is 1. The molecular weight excluding hydrogens is 562 g/mol. The Balaban J connectivity index is 1.28. The second-order valence-corrected chi connectivity index (χ2v) is 12.3. The summed E-state index contributed by atoms with van der Waals surface area (Å²) in [6, 6.07) is 7.60. The van der Waals surface area contributed by atoms with Crippen molar-refractivity contribution < 1.29 is 23.7 Å². The lowest BCUT2D eigenvalue weighted by atomic mass is 10.1. The smallest absolute Gasteiger partial charge is 0.414 e. The highest BCUT2D eigenvalue weighted by molar-refractivity contribution is 5.97. The fourth-order valence-electron chi connectivity index (χ4n) is 5.43. The molecule has 1 amide bonds. The molecule has 3 aromatic heterocycles. The number of aromatic nitrogens is 6. The molecule has 4 aromatic rings. The predicted octanol–water partition coefficient (Wildman–Crippen LogP) is 5.84. The quantitative estimate of drug-likeness (QED) is 0.245. The fourth-order valence-corrected chi connectivity index (χ4v) is 5.43. The van der Waals surface area contributed by atoms with E-state index in [0.717, 1.165) is 68.0 Å². The van der Waals surface area contributed by atoms with Gasteiger partial charge in [0.05, 0.1) is 18.3 Å². The molecule has 44 heavy (non-hydrogen) atoms. The molecule has 0 spiro atoms. The summed E-state index contributed by atoms with van der Waals surface area (Å²) >= 11 is 0. The molecule has 0 saturated carbocycles. The summed E-state index contributed by atoms with van der Waals surface area (Å²) in [4.78, 5) is 23.8. The lowest BCUT2D eigenvalue weighted by Crippen LogP contribution is -2.34. The Morgan fingerprint density at radius 1 is 1.09 bits per heavy atom. The molecule has 2 unspecified atom stereocenters. The van der Waals surface area contributed by atoms with Crippen molar-refractivity contribution in [2.24, 2.45) is 0 Å². The van der Waals surface area contributed by atoms with E-state index in [1.165, 1.54) is 4.90 Å². The summed E-state index contributed by atoms with van der Waals surface area (Å²) in [6.45, 7) is 7.57. The van der Waals surface area contributed by atoms with Crippen LogP contribution in [-0.2, 0) is 25.4 Å². The molecule has 234 valence electrons. The predicted molar refractivity (Wildman–Crippen MR) is 165 cm³/mol. The second-order valence-electron chi connectivity index (χ2n) is 12.3. The Morgan fingerprint density at radius 3 is 2.66 bits per heavy atom. The molecule has 0 N–H and O–H groups in total. The maximum absolute atomic E-state index is 12.9. The Hall–Kier alpha value is -3.87. The fraction of sp³-hybridized carbons (Fsp3) is 0.531. The topological polar surface area (TPSA) is 119 Å². The van der Waals surface area contributed by atoms with Crippen LogP contribution in [0.25, 0.3) is 28.2 Å². The van der Waals surface area contributed by atoms with Gasteiger partial charge in [-0.05, 0) is 89.5 Å². The third-order valence-electron chi connectivity index (χ3n) is 7.73. The van der Waals surface area contributed by atoms with Crippen molar-refractivity contribution in [1.29, 1.82) is 0 Å². The van der Waals surface area contributed by atoms with E-state index in [-0.39, 0.29) is 12.5 Å². The van der Waals surface area contributed by atoms with Crippen LogP contribution in [0.15, 0.2) is 42.9 Å². The molecule has 6 rings (SSSR count). The summed E-state index contributed by atoms with van der Waals surface area (Å²) in [6.07, 6.45) is 11.6. The van der Waals surface area contributed by atoms with E-state index in [0.29, 0.717) is 36.2 Å². The normalized spacial score (nSPS) is 19.3. The van der Waals surface area contributed by atoms with Gasteiger partial charge in [0.1, 0.15) is 11.3 Å². The second kappa shape index (κ2) is 13.0. The Kier molecular flexibility index (Phi) is 8.92. The van der Waals surface area contributed by atoms with Crippen molar-refractivity contribution in [2.75, 3.05) is 31.8 Å². The van der Waals surface area contributed by atoms with Gasteiger partial charge in [-0.1, -0.05) is 0 Å². The molecule has 2 atom stereocenters. The minimum absolute atomic E-state index is 0.110. The lowest BCUT2D eigenvalue weighted by molar-refractivity contribution is -0.161. The highest BCUT2D eigenvalue weighted by atomic mass is 16.7. The molecule has 2 saturated heterocycles. The Labute approximate surface area is 257 Å². The van der Waals surface area contributed by atoms with Crippen LogP contribution in [0.5, 0.6) is 0 Å². The molecule has 12 nitrogen and oxygen atoms in total. The summed E-state index contributed by atoms with van der Waals surface area (Å²) < 4.78 is 26.9. The van der Waals surface area contributed by atoms with Crippen LogP contribution in [0, 0.1) is 0 Å². The van der Waals surface area contributed by atoms with Gasteiger partial charge in [0, 0.05) is 49.8 Å². The number of hydrogen-bond acceptors (Lipinski definition) is 9. The molecule has 0 radical (unpaired) electrons. The van der Waals surface area contributed by atoms with Gasteiger partial charge in [0.25, 0.3) is 0 Å². The molecule has 2 aliphatic rings. The van der Waals surface area contributed by atoms with E-state index in [4.69, 9.17) is 29.0 Å². The summed E-state index contributed by atoms with van der Waals surface area (Å²) in [7, 11) is 1.70. The zero-order valence-electron chi connectivity index (χ0n) is 25.9. The first-order chi connectivity index (χ1) is 21.2. The molecule has 5 heterocycles. The number of ether oxygens (including phenoxy) is 4. The van der Waals surface area contributed by atoms with E-state index in [1.807, 2.05) is 62.1 Å².